The van der Waals surface area contributed by atoms with Gasteiger partial charge in [0.2, 0.25) is 0 Å². The van der Waals surface area contributed by atoms with Crippen molar-refractivity contribution in [3.8, 4) is 0 Å². The SMILES string of the molecule is C1=NN=Cc2nc3ccccc3n2C1. The molecular weight excluding hydrogens is 176 g/mol. The third-order valence-electron chi connectivity index (χ3n) is 2.27. The standard InChI is InChI=1S/C10H8N4/c1-2-4-9-8(3-1)13-10-7-12-11-5-6-14(9)10/h1-5,7H,6H2. The number of aromatic nitrogens is 2. The average Bonchev–Trinajstić information content (AvgIpc) is 2.42. The fraction of sp³-hybridized carbons (Fsp3) is 0.100. The maximum atomic E-state index is 4.45. The molecule has 4 heteroatoms. The van der Waals surface area contributed by atoms with Crippen LogP contribution in [0.15, 0.2) is 34.5 Å². The second kappa shape index (κ2) is 2.77. The van der Waals surface area contributed by atoms with Gasteiger partial charge < -0.3 is 4.57 Å². The van der Waals surface area contributed by atoms with Crippen LogP contribution >= 0.6 is 0 Å². The van der Waals surface area contributed by atoms with Crippen molar-refractivity contribution in [2.24, 2.45) is 10.2 Å². The molecule has 2 aromatic rings. The van der Waals surface area contributed by atoms with E-state index in [0.717, 1.165) is 23.4 Å². The summed E-state index contributed by atoms with van der Waals surface area (Å²) in [6, 6.07) is 8.05. The van der Waals surface area contributed by atoms with Gasteiger partial charge in [0.15, 0.2) is 5.82 Å². The van der Waals surface area contributed by atoms with Crippen LogP contribution in [0.1, 0.15) is 5.82 Å². The Morgan fingerprint density at radius 1 is 1.14 bits per heavy atom. The third-order valence-corrected chi connectivity index (χ3v) is 2.27. The van der Waals surface area contributed by atoms with Crippen LogP contribution in [0.2, 0.25) is 0 Å². The van der Waals surface area contributed by atoms with Gasteiger partial charge in [-0.25, -0.2) is 4.98 Å². The molecule has 0 N–H and O–H groups in total. The molecular formula is C10H8N4. The van der Waals surface area contributed by atoms with Crippen LogP contribution in [0, 0.1) is 0 Å². The van der Waals surface area contributed by atoms with E-state index >= 15 is 0 Å². The molecule has 0 unspecified atom stereocenters. The molecule has 0 radical (unpaired) electrons. The highest BCUT2D eigenvalue weighted by atomic mass is 15.2. The van der Waals surface area contributed by atoms with Crippen LogP contribution in [0.5, 0.6) is 0 Å². The summed E-state index contributed by atoms with van der Waals surface area (Å²) in [7, 11) is 0. The van der Waals surface area contributed by atoms with E-state index in [2.05, 4.69) is 25.8 Å². The molecule has 1 aromatic carbocycles. The minimum Gasteiger partial charge on any atom is -0.318 e. The predicted octanol–water partition coefficient (Wildman–Crippen LogP) is 1.45. The number of benzene rings is 1. The molecule has 1 aliphatic rings. The maximum absolute atomic E-state index is 4.45. The third kappa shape index (κ3) is 0.970. The van der Waals surface area contributed by atoms with Gasteiger partial charge in [0.05, 0.1) is 23.8 Å². The zero-order valence-corrected chi connectivity index (χ0v) is 7.46. The van der Waals surface area contributed by atoms with Crippen molar-refractivity contribution in [1.29, 1.82) is 0 Å². The second-order valence-electron chi connectivity index (χ2n) is 3.11. The van der Waals surface area contributed by atoms with Gasteiger partial charge in [-0.05, 0) is 12.1 Å². The van der Waals surface area contributed by atoms with Gasteiger partial charge in [-0.2, -0.15) is 10.2 Å². The zero-order valence-electron chi connectivity index (χ0n) is 7.46. The molecule has 0 atom stereocenters. The molecule has 0 saturated carbocycles. The minimum absolute atomic E-state index is 0.732. The first-order valence-corrected chi connectivity index (χ1v) is 4.45. The van der Waals surface area contributed by atoms with E-state index in [0.29, 0.717) is 0 Å². The molecule has 0 fully saturated rings. The summed E-state index contributed by atoms with van der Waals surface area (Å²) in [4.78, 5) is 4.45. The molecule has 14 heavy (non-hydrogen) atoms. The molecule has 0 aliphatic carbocycles. The van der Waals surface area contributed by atoms with Crippen LogP contribution < -0.4 is 0 Å². The minimum atomic E-state index is 0.732. The lowest BCUT2D eigenvalue weighted by atomic mass is 10.3. The van der Waals surface area contributed by atoms with Gasteiger partial charge in [-0.1, -0.05) is 12.1 Å². The molecule has 4 nitrogen and oxygen atoms in total. The van der Waals surface area contributed by atoms with Crippen molar-refractivity contribution in [3.63, 3.8) is 0 Å². The summed E-state index contributed by atoms with van der Waals surface area (Å²) in [5.74, 6) is 0.865. The fourth-order valence-electron chi connectivity index (χ4n) is 1.63. The highest BCUT2D eigenvalue weighted by molar-refractivity contribution is 5.86. The monoisotopic (exact) mass is 184 g/mol. The van der Waals surface area contributed by atoms with Crippen molar-refractivity contribution >= 4 is 23.5 Å². The van der Waals surface area contributed by atoms with E-state index in [1.165, 1.54) is 0 Å². The molecule has 3 rings (SSSR count). The van der Waals surface area contributed by atoms with E-state index < -0.39 is 0 Å². The Bertz CT molecular complexity index is 536. The van der Waals surface area contributed by atoms with Gasteiger partial charge in [0.1, 0.15) is 0 Å². The van der Waals surface area contributed by atoms with Crippen LogP contribution in [-0.4, -0.2) is 22.0 Å². The maximum Gasteiger partial charge on any atom is 0.154 e. The van der Waals surface area contributed by atoms with Crippen molar-refractivity contribution in [3.05, 3.63) is 30.1 Å². The van der Waals surface area contributed by atoms with Gasteiger partial charge in [-0.3, -0.25) is 0 Å². The molecule has 68 valence electrons. The molecule has 1 aromatic heterocycles. The first kappa shape index (κ1) is 7.44. The number of fused-ring (bicyclic) bond motifs is 3. The Morgan fingerprint density at radius 3 is 3.07 bits per heavy atom. The van der Waals surface area contributed by atoms with Gasteiger partial charge in [-0.15, -0.1) is 0 Å². The molecule has 2 heterocycles. The van der Waals surface area contributed by atoms with Crippen LogP contribution in [-0.2, 0) is 6.54 Å². The van der Waals surface area contributed by atoms with E-state index in [1.807, 2.05) is 18.2 Å². The number of para-hydroxylation sites is 2. The van der Waals surface area contributed by atoms with E-state index in [1.54, 1.807) is 12.4 Å². The first-order valence-electron chi connectivity index (χ1n) is 4.45. The van der Waals surface area contributed by atoms with Gasteiger partial charge in [0, 0.05) is 6.21 Å². The number of imidazole rings is 1. The topological polar surface area (TPSA) is 42.5 Å². The Hall–Kier alpha value is -1.97. The normalized spacial score (nSPS) is 14.3. The summed E-state index contributed by atoms with van der Waals surface area (Å²) in [5.41, 5.74) is 2.13. The Kier molecular flexibility index (Phi) is 1.47. The number of nitrogens with zero attached hydrogens (tertiary/aromatic N) is 4. The largest absolute Gasteiger partial charge is 0.318 e. The summed E-state index contributed by atoms with van der Waals surface area (Å²) < 4.78 is 2.09. The van der Waals surface area contributed by atoms with Crippen LogP contribution in [0.25, 0.3) is 11.0 Å². The predicted molar refractivity (Wildman–Crippen MR) is 55.8 cm³/mol. The quantitative estimate of drug-likeness (QED) is 0.611. The molecule has 0 amide bonds. The lowest BCUT2D eigenvalue weighted by Crippen LogP contribution is -2.01. The smallest absolute Gasteiger partial charge is 0.154 e. The van der Waals surface area contributed by atoms with Crippen molar-refractivity contribution < 1.29 is 0 Å². The van der Waals surface area contributed by atoms with Crippen molar-refractivity contribution in [2.75, 3.05) is 0 Å². The van der Waals surface area contributed by atoms with Crippen LogP contribution in [0.3, 0.4) is 0 Å². The second-order valence-corrected chi connectivity index (χ2v) is 3.11. The molecule has 0 spiro atoms. The number of hydrogen-bond acceptors (Lipinski definition) is 3. The molecule has 0 saturated heterocycles. The Morgan fingerprint density at radius 2 is 2.07 bits per heavy atom. The molecule has 0 bridgehead atoms. The summed E-state index contributed by atoms with van der Waals surface area (Å²) in [6.45, 7) is 0.732. The van der Waals surface area contributed by atoms with E-state index in [4.69, 9.17) is 0 Å². The van der Waals surface area contributed by atoms with Crippen molar-refractivity contribution in [2.45, 2.75) is 6.54 Å². The Balaban J connectivity index is 2.37. The first-order chi connectivity index (χ1) is 6.95. The summed E-state index contributed by atoms with van der Waals surface area (Å²) in [6.07, 6.45) is 3.46. The summed E-state index contributed by atoms with van der Waals surface area (Å²) in [5, 5.41) is 7.72. The van der Waals surface area contributed by atoms with Gasteiger partial charge in [0.25, 0.3) is 0 Å². The van der Waals surface area contributed by atoms with Crippen LogP contribution in [0.4, 0.5) is 0 Å². The average molecular weight is 184 g/mol. The Labute approximate surface area is 80.6 Å². The number of hydrogen-bond donors (Lipinski definition) is 0. The van der Waals surface area contributed by atoms with Crippen molar-refractivity contribution in [1.82, 2.24) is 9.55 Å². The van der Waals surface area contributed by atoms with E-state index in [-0.39, 0.29) is 0 Å². The number of rotatable bonds is 0. The highest BCUT2D eigenvalue weighted by Crippen LogP contribution is 2.15. The summed E-state index contributed by atoms with van der Waals surface area (Å²) >= 11 is 0. The lowest BCUT2D eigenvalue weighted by Gasteiger charge is -1.99. The molecule has 1 aliphatic heterocycles. The highest BCUT2D eigenvalue weighted by Gasteiger charge is 2.08. The lowest BCUT2D eigenvalue weighted by molar-refractivity contribution is 0.887. The van der Waals surface area contributed by atoms with E-state index in [9.17, 15) is 0 Å². The van der Waals surface area contributed by atoms with Gasteiger partial charge >= 0.3 is 0 Å². The fourth-order valence-corrected chi connectivity index (χ4v) is 1.63. The zero-order chi connectivity index (χ0) is 9.38.